The summed E-state index contributed by atoms with van der Waals surface area (Å²) in [7, 11) is 0. The van der Waals surface area contributed by atoms with E-state index in [4.69, 9.17) is 9.47 Å². The highest BCUT2D eigenvalue weighted by molar-refractivity contribution is 5.83. The largest absolute Gasteiger partial charge is 0.465 e. The molecular formula is C8H13NO4. The van der Waals surface area contributed by atoms with Gasteiger partial charge < -0.3 is 14.4 Å². The van der Waals surface area contributed by atoms with Crippen LogP contribution in [0.25, 0.3) is 0 Å². The van der Waals surface area contributed by atoms with Crippen molar-refractivity contribution in [1.82, 2.24) is 4.90 Å². The predicted molar refractivity (Wildman–Crippen MR) is 44.0 cm³/mol. The predicted octanol–water partition coefficient (Wildman–Crippen LogP) is -0.592. The summed E-state index contributed by atoms with van der Waals surface area (Å²) in [4.78, 5) is 23.6. The van der Waals surface area contributed by atoms with E-state index in [9.17, 15) is 9.59 Å². The molecule has 0 saturated carbocycles. The molecule has 0 unspecified atom stereocenters. The van der Waals surface area contributed by atoms with Crippen LogP contribution in [0.3, 0.4) is 0 Å². The Morgan fingerprint density at radius 3 is 3.08 bits per heavy atom. The molecule has 1 amide bonds. The molecule has 0 aliphatic carbocycles. The molecule has 1 saturated heterocycles. The Balaban J connectivity index is 2.33. The van der Waals surface area contributed by atoms with Gasteiger partial charge >= 0.3 is 5.97 Å². The van der Waals surface area contributed by atoms with E-state index in [1.807, 2.05) is 0 Å². The van der Waals surface area contributed by atoms with Crippen LogP contribution in [-0.2, 0) is 19.1 Å². The number of rotatable bonds is 3. The van der Waals surface area contributed by atoms with Crippen LogP contribution in [0.2, 0.25) is 0 Å². The van der Waals surface area contributed by atoms with Crippen LogP contribution >= 0.6 is 0 Å². The Morgan fingerprint density at radius 2 is 2.46 bits per heavy atom. The van der Waals surface area contributed by atoms with E-state index < -0.39 is 0 Å². The highest BCUT2D eigenvalue weighted by Gasteiger charge is 2.21. The molecular weight excluding hydrogens is 174 g/mol. The molecule has 0 atom stereocenters. The van der Waals surface area contributed by atoms with Crippen molar-refractivity contribution in [3.8, 4) is 0 Å². The van der Waals surface area contributed by atoms with Gasteiger partial charge in [-0.1, -0.05) is 0 Å². The van der Waals surface area contributed by atoms with Gasteiger partial charge in [-0.15, -0.1) is 0 Å². The summed E-state index contributed by atoms with van der Waals surface area (Å²) in [6.07, 6.45) is 0. The van der Waals surface area contributed by atoms with E-state index in [1.54, 1.807) is 6.92 Å². The second-order valence-corrected chi connectivity index (χ2v) is 2.67. The average molecular weight is 187 g/mol. The second kappa shape index (κ2) is 4.81. The van der Waals surface area contributed by atoms with E-state index in [2.05, 4.69) is 0 Å². The van der Waals surface area contributed by atoms with Crippen molar-refractivity contribution in [2.45, 2.75) is 6.92 Å². The van der Waals surface area contributed by atoms with Crippen LogP contribution in [0, 0.1) is 0 Å². The number of morpholine rings is 1. The highest BCUT2D eigenvalue weighted by atomic mass is 16.5. The van der Waals surface area contributed by atoms with Crippen LogP contribution in [0.4, 0.5) is 0 Å². The van der Waals surface area contributed by atoms with Crippen LogP contribution in [0.5, 0.6) is 0 Å². The number of amides is 1. The van der Waals surface area contributed by atoms with Crippen molar-refractivity contribution < 1.29 is 19.1 Å². The van der Waals surface area contributed by atoms with E-state index in [0.717, 1.165) is 0 Å². The number of ether oxygens (including phenoxy) is 2. The minimum atomic E-state index is -0.363. The maximum absolute atomic E-state index is 11.1. The number of esters is 1. The topological polar surface area (TPSA) is 55.8 Å². The fourth-order valence-electron chi connectivity index (χ4n) is 1.08. The summed E-state index contributed by atoms with van der Waals surface area (Å²) in [5.41, 5.74) is 0. The fourth-order valence-corrected chi connectivity index (χ4v) is 1.08. The summed E-state index contributed by atoms with van der Waals surface area (Å²) >= 11 is 0. The van der Waals surface area contributed by atoms with Gasteiger partial charge in [0.25, 0.3) is 0 Å². The Hall–Kier alpha value is -1.10. The SMILES string of the molecule is CCOC(=O)CN1CCOCC1=O. The first-order chi connectivity index (χ1) is 6.24. The molecule has 74 valence electrons. The standard InChI is InChI=1S/C8H13NO4/c1-2-13-8(11)5-9-3-4-12-6-7(9)10/h2-6H2,1H3. The van der Waals surface area contributed by atoms with Crippen LogP contribution in [0.15, 0.2) is 0 Å². The molecule has 1 fully saturated rings. The van der Waals surface area contributed by atoms with Crippen molar-refractivity contribution in [2.75, 3.05) is 32.9 Å². The third-order valence-corrected chi connectivity index (χ3v) is 1.71. The first kappa shape index (κ1) is 9.98. The molecule has 0 aromatic heterocycles. The maximum Gasteiger partial charge on any atom is 0.325 e. The minimum absolute atomic E-state index is 0.0377. The average Bonchev–Trinajstić information content (AvgIpc) is 2.09. The summed E-state index contributed by atoms with van der Waals surface area (Å²) in [5, 5.41) is 0. The van der Waals surface area contributed by atoms with Crippen molar-refractivity contribution in [1.29, 1.82) is 0 Å². The fraction of sp³-hybridized carbons (Fsp3) is 0.750. The molecule has 1 heterocycles. The van der Waals surface area contributed by atoms with E-state index in [1.165, 1.54) is 4.90 Å². The van der Waals surface area contributed by atoms with Gasteiger partial charge in [0.1, 0.15) is 13.2 Å². The molecule has 1 rings (SSSR count). The third kappa shape index (κ3) is 3.02. The number of hydrogen-bond donors (Lipinski definition) is 0. The monoisotopic (exact) mass is 187 g/mol. The van der Waals surface area contributed by atoms with E-state index in [-0.39, 0.29) is 25.0 Å². The molecule has 0 aromatic rings. The van der Waals surface area contributed by atoms with Crippen molar-refractivity contribution in [3.05, 3.63) is 0 Å². The van der Waals surface area contributed by atoms with Gasteiger partial charge in [0, 0.05) is 6.54 Å². The molecule has 0 radical (unpaired) electrons. The lowest BCUT2D eigenvalue weighted by molar-refractivity contribution is -0.154. The van der Waals surface area contributed by atoms with Crippen molar-refractivity contribution >= 4 is 11.9 Å². The minimum Gasteiger partial charge on any atom is -0.465 e. The normalized spacial score (nSPS) is 17.3. The lowest BCUT2D eigenvalue weighted by atomic mass is 10.4. The zero-order chi connectivity index (χ0) is 9.68. The lowest BCUT2D eigenvalue weighted by Gasteiger charge is -2.25. The number of carbonyl (C=O) groups is 2. The second-order valence-electron chi connectivity index (χ2n) is 2.67. The highest BCUT2D eigenvalue weighted by Crippen LogP contribution is 1.98. The number of hydrogen-bond acceptors (Lipinski definition) is 4. The molecule has 0 N–H and O–H groups in total. The van der Waals surface area contributed by atoms with Gasteiger partial charge in [0.2, 0.25) is 5.91 Å². The van der Waals surface area contributed by atoms with Crippen molar-refractivity contribution in [2.24, 2.45) is 0 Å². The Labute approximate surface area is 76.6 Å². The Bertz CT molecular complexity index is 204. The third-order valence-electron chi connectivity index (χ3n) is 1.71. The van der Waals surface area contributed by atoms with Gasteiger partial charge in [-0.3, -0.25) is 9.59 Å². The number of nitrogens with zero attached hydrogens (tertiary/aromatic N) is 1. The molecule has 13 heavy (non-hydrogen) atoms. The van der Waals surface area contributed by atoms with E-state index in [0.29, 0.717) is 19.8 Å². The zero-order valence-electron chi connectivity index (χ0n) is 7.62. The quantitative estimate of drug-likeness (QED) is 0.554. The van der Waals surface area contributed by atoms with Crippen molar-refractivity contribution in [3.63, 3.8) is 0 Å². The molecule has 1 aliphatic rings. The summed E-state index contributed by atoms with van der Waals surface area (Å²) in [5.74, 6) is -0.517. The first-order valence-electron chi connectivity index (χ1n) is 4.25. The maximum atomic E-state index is 11.1. The molecule has 0 spiro atoms. The van der Waals surface area contributed by atoms with Gasteiger partial charge in [-0.25, -0.2) is 0 Å². The van der Waals surface area contributed by atoms with Gasteiger partial charge in [0.05, 0.1) is 13.2 Å². The summed E-state index contributed by atoms with van der Waals surface area (Å²) < 4.78 is 9.63. The van der Waals surface area contributed by atoms with E-state index >= 15 is 0 Å². The van der Waals surface area contributed by atoms with Gasteiger partial charge in [0.15, 0.2) is 0 Å². The van der Waals surface area contributed by atoms with Gasteiger partial charge in [-0.05, 0) is 6.92 Å². The number of carbonyl (C=O) groups excluding carboxylic acids is 2. The first-order valence-corrected chi connectivity index (χ1v) is 4.25. The van der Waals surface area contributed by atoms with Crippen LogP contribution in [0.1, 0.15) is 6.92 Å². The Kier molecular flexibility index (Phi) is 3.70. The molecule has 0 aromatic carbocycles. The molecule has 0 bridgehead atoms. The summed E-state index contributed by atoms with van der Waals surface area (Å²) in [6.45, 7) is 3.15. The van der Waals surface area contributed by atoms with Gasteiger partial charge in [-0.2, -0.15) is 0 Å². The van der Waals surface area contributed by atoms with Crippen LogP contribution in [-0.4, -0.2) is 49.7 Å². The Morgan fingerprint density at radius 1 is 1.69 bits per heavy atom. The molecule has 5 nitrogen and oxygen atoms in total. The molecule has 5 heteroatoms. The van der Waals surface area contributed by atoms with Crippen LogP contribution < -0.4 is 0 Å². The molecule has 1 aliphatic heterocycles. The summed E-state index contributed by atoms with van der Waals surface area (Å²) in [6, 6.07) is 0. The smallest absolute Gasteiger partial charge is 0.325 e. The zero-order valence-corrected chi connectivity index (χ0v) is 7.62. The lowest BCUT2D eigenvalue weighted by Crippen LogP contribution is -2.44.